The number of halogens is 1. The van der Waals surface area contributed by atoms with Gasteiger partial charge in [-0.2, -0.15) is 0 Å². The second kappa shape index (κ2) is 7.67. The normalized spacial score (nSPS) is 14.3. The number of para-hydroxylation sites is 1. The molecule has 27 heavy (non-hydrogen) atoms. The van der Waals surface area contributed by atoms with Crippen molar-refractivity contribution in [1.82, 2.24) is 14.9 Å². The Hall–Kier alpha value is -3.06. The van der Waals surface area contributed by atoms with E-state index in [9.17, 15) is 4.79 Å². The van der Waals surface area contributed by atoms with Gasteiger partial charge in [0.1, 0.15) is 18.0 Å². The molecule has 1 fully saturated rings. The van der Waals surface area contributed by atoms with Crippen LogP contribution in [0, 0.1) is 0 Å². The van der Waals surface area contributed by atoms with Crippen molar-refractivity contribution >= 4 is 34.8 Å². The molecule has 1 N–H and O–H groups in total. The molecule has 1 aromatic carbocycles. The molecular weight excluding hydrogens is 366 g/mol. The fraction of sp³-hybridized carbons (Fsp3) is 0.211. The van der Waals surface area contributed by atoms with Gasteiger partial charge in [-0.1, -0.05) is 23.7 Å². The highest BCUT2D eigenvalue weighted by Crippen LogP contribution is 2.25. The molecule has 7 nitrogen and oxygen atoms in total. The molecule has 8 heteroatoms. The predicted molar refractivity (Wildman–Crippen MR) is 104 cm³/mol. The summed E-state index contributed by atoms with van der Waals surface area (Å²) >= 11 is 6.19. The van der Waals surface area contributed by atoms with Crippen LogP contribution in [-0.2, 0) is 0 Å². The van der Waals surface area contributed by atoms with E-state index in [1.54, 1.807) is 17.0 Å². The van der Waals surface area contributed by atoms with Crippen LogP contribution in [0.3, 0.4) is 0 Å². The monoisotopic (exact) mass is 383 g/mol. The van der Waals surface area contributed by atoms with Gasteiger partial charge in [0.05, 0.1) is 17.0 Å². The number of hydrogen-bond donors (Lipinski definition) is 1. The van der Waals surface area contributed by atoms with Gasteiger partial charge >= 0.3 is 0 Å². The number of nitrogens with zero attached hydrogens (tertiary/aromatic N) is 4. The number of benzene rings is 1. The molecule has 1 saturated heterocycles. The van der Waals surface area contributed by atoms with Gasteiger partial charge in [-0.15, -0.1) is 0 Å². The molecule has 0 saturated carbocycles. The number of amides is 1. The molecule has 1 amide bonds. The summed E-state index contributed by atoms with van der Waals surface area (Å²) in [6, 6.07) is 12.8. The van der Waals surface area contributed by atoms with Crippen molar-refractivity contribution in [2.45, 2.75) is 0 Å². The van der Waals surface area contributed by atoms with Gasteiger partial charge < -0.3 is 19.5 Å². The smallest absolute Gasteiger partial charge is 0.289 e. The summed E-state index contributed by atoms with van der Waals surface area (Å²) in [6.45, 7) is 2.59. The second-order valence-corrected chi connectivity index (χ2v) is 6.53. The highest BCUT2D eigenvalue weighted by Gasteiger charge is 2.24. The Bertz CT molecular complexity index is 923. The highest BCUT2D eigenvalue weighted by molar-refractivity contribution is 6.33. The van der Waals surface area contributed by atoms with Crippen molar-refractivity contribution in [3.63, 3.8) is 0 Å². The zero-order valence-electron chi connectivity index (χ0n) is 14.5. The van der Waals surface area contributed by atoms with Crippen molar-refractivity contribution in [2.24, 2.45) is 0 Å². The molecule has 1 aliphatic rings. The summed E-state index contributed by atoms with van der Waals surface area (Å²) in [4.78, 5) is 24.9. The van der Waals surface area contributed by atoms with Gasteiger partial charge in [-0.05, 0) is 24.3 Å². The van der Waals surface area contributed by atoms with Crippen LogP contribution >= 0.6 is 11.6 Å². The summed E-state index contributed by atoms with van der Waals surface area (Å²) in [6.07, 6.45) is 3.03. The van der Waals surface area contributed by atoms with E-state index in [1.165, 1.54) is 12.6 Å². The van der Waals surface area contributed by atoms with E-state index >= 15 is 0 Å². The first kappa shape index (κ1) is 17.4. The summed E-state index contributed by atoms with van der Waals surface area (Å²) < 4.78 is 5.20. The van der Waals surface area contributed by atoms with Crippen LogP contribution in [0.5, 0.6) is 0 Å². The third-order valence-corrected chi connectivity index (χ3v) is 4.74. The van der Waals surface area contributed by atoms with Crippen LogP contribution < -0.4 is 10.2 Å². The average Bonchev–Trinajstić information content (AvgIpc) is 3.24. The molecule has 3 heterocycles. The van der Waals surface area contributed by atoms with Gasteiger partial charge in [0.15, 0.2) is 5.76 Å². The van der Waals surface area contributed by atoms with Crippen LogP contribution in [-0.4, -0.2) is 47.0 Å². The Morgan fingerprint density at radius 1 is 1.07 bits per heavy atom. The van der Waals surface area contributed by atoms with E-state index < -0.39 is 0 Å². The maximum absolute atomic E-state index is 12.4. The summed E-state index contributed by atoms with van der Waals surface area (Å²) in [5, 5.41) is 3.84. The Kier molecular flexibility index (Phi) is 4.93. The van der Waals surface area contributed by atoms with Crippen molar-refractivity contribution in [2.75, 3.05) is 36.4 Å². The Morgan fingerprint density at radius 2 is 1.89 bits per heavy atom. The van der Waals surface area contributed by atoms with Crippen molar-refractivity contribution < 1.29 is 9.21 Å². The molecule has 3 aromatic rings. The summed E-state index contributed by atoms with van der Waals surface area (Å²) in [5.41, 5.74) is 0.790. The SMILES string of the molecule is O=C(c1ccco1)N1CCN(c2cc(Nc3ccccc3Cl)ncn2)CC1. The molecule has 0 radical (unpaired) electrons. The molecule has 0 atom stereocenters. The quantitative estimate of drug-likeness (QED) is 0.744. The maximum Gasteiger partial charge on any atom is 0.289 e. The van der Waals surface area contributed by atoms with E-state index in [-0.39, 0.29) is 5.91 Å². The number of carbonyl (C=O) groups is 1. The average molecular weight is 384 g/mol. The van der Waals surface area contributed by atoms with E-state index in [0.29, 0.717) is 42.8 Å². The zero-order valence-corrected chi connectivity index (χ0v) is 15.3. The zero-order chi connectivity index (χ0) is 18.6. The third kappa shape index (κ3) is 3.88. The van der Waals surface area contributed by atoms with Crippen molar-refractivity contribution in [1.29, 1.82) is 0 Å². The van der Waals surface area contributed by atoms with Crippen molar-refractivity contribution in [3.8, 4) is 0 Å². The minimum atomic E-state index is -0.0802. The lowest BCUT2D eigenvalue weighted by Crippen LogP contribution is -2.49. The van der Waals surface area contributed by atoms with Crippen LogP contribution in [0.1, 0.15) is 10.6 Å². The number of aromatic nitrogens is 2. The van der Waals surface area contributed by atoms with Gasteiger partial charge in [0.2, 0.25) is 0 Å². The molecule has 1 aliphatic heterocycles. The molecule has 0 spiro atoms. The second-order valence-electron chi connectivity index (χ2n) is 6.12. The summed E-state index contributed by atoms with van der Waals surface area (Å²) in [7, 11) is 0. The van der Waals surface area contributed by atoms with Gasteiger partial charge in [0, 0.05) is 32.2 Å². The first-order chi connectivity index (χ1) is 13.2. The predicted octanol–water partition coefficient (Wildman–Crippen LogP) is 3.43. The van der Waals surface area contributed by atoms with Gasteiger partial charge in [-0.3, -0.25) is 4.79 Å². The molecule has 0 aliphatic carbocycles. The molecule has 0 bridgehead atoms. The number of nitrogens with one attached hydrogen (secondary N) is 1. The largest absolute Gasteiger partial charge is 0.459 e. The standard InChI is InChI=1S/C19H18ClN5O2/c20-14-4-1-2-5-15(14)23-17-12-18(22-13-21-17)24-7-9-25(10-8-24)19(26)16-6-3-11-27-16/h1-6,11-13H,7-10H2,(H,21,22,23). The Balaban J connectivity index is 1.41. The number of piperazine rings is 1. The molecule has 0 unspecified atom stereocenters. The molecule has 4 rings (SSSR count). The third-order valence-electron chi connectivity index (χ3n) is 4.41. The number of furan rings is 1. The van der Waals surface area contributed by atoms with Crippen LogP contribution in [0.25, 0.3) is 0 Å². The van der Waals surface area contributed by atoms with E-state index in [1.807, 2.05) is 30.3 Å². The van der Waals surface area contributed by atoms with E-state index in [2.05, 4.69) is 20.2 Å². The fourth-order valence-electron chi connectivity index (χ4n) is 2.98. The van der Waals surface area contributed by atoms with Crippen LogP contribution in [0.4, 0.5) is 17.3 Å². The van der Waals surface area contributed by atoms with Gasteiger partial charge in [0.25, 0.3) is 5.91 Å². The van der Waals surface area contributed by atoms with Gasteiger partial charge in [-0.25, -0.2) is 9.97 Å². The topological polar surface area (TPSA) is 74.5 Å². The minimum Gasteiger partial charge on any atom is -0.459 e. The number of anilines is 3. The highest BCUT2D eigenvalue weighted by atomic mass is 35.5. The number of rotatable bonds is 4. The Morgan fingerprint density at radius 3 is 2.63 bits per heavy atom. The van der Waals surface area contributed by atoms with E-state index in [0.717, 1.165) is 11.5 Å². The first-order valence-corrected chi connectivity index (χ1v) is 9.00. The lowest BCUT2D eigenvalue weighted by molar-refractivity contribution is 0.0714. The minimum absolute atomic E-state index is 0.0802. The number of hydrogen-bond acceptors (Lipinski definition) is 6. The fourth-order valence-corrected chi connectivity index (χ4v) is 3.17. The lowest BCUT2D eigenvalue weighted by atomic mass is 10.2. The maximum atomic E-state index is 12.4. The van der Waals surface area contributed by atoms with Crippen LogP contribution in [0.2, 0.25) is 5.02 Å². The molecular formula is C19H18ClN5O2. The van der Waals surface area contributed by atoms with Crippen molar-refractivity contribution in [3.05, 3.63) is 65.8 Å². The van der Waals surface area contributed by atoms with E-state index in [4.69, 9.17) is 16.0 Å². The lowest BCUT2D eigenvalue weighted by Gasteiger charge is -2.35. The number of carbonyl (C=O) groups excluding carboxylic acids is 1. The molecule has 138 valence electrons. The first-order valence-electron chi connectivity index (χ1n) is 8.62. The Labute approximate surface area is 161 Å². The van der Waals surface area contributed by atoms with Crippen LogP contribution in [0.15, 0.2) is 59.5 Å². The molecule has 2 aromatic heterocycles. The summed E-state index contributed by atoms with van der Waals surface area (Å²) in [5.74, 6) is 1.77.